The van der Waals surface area contributed by atoms with Crippen LogP contribution in [0.15, 0.2) is 17.5 Å². The third-order valence-electron chi connectivity index (χ3n) is 3.30. The van der Waals surface area contributed by atoms with E-state index in [1.807, 2.05) is 12.3 Å². The molecule has 0 spiro atoms. The van der Waals surface area contributed by atoms with Crippen LogP contribution in [0.2, 0.25) is 0 Å². The van der Waals surface area contributed by atoms with Crippen molar-refractivity contribution in [2.24, 2.45) is 0 Å². The van der Waals surface area contributed by atoms with Crippen LogP contribution in [-0.2, 0) is 9.53 Å². The summed E-state index contributed by atoms with van der Waals surface area (Å²) < 4.78 is 5.51. The van der Waals surface area contributed by atoms with E-state index in [1.54, 1.807) is 24.0 Å². The fourth-order valence-corrected chi connectivity index (χ4v) is 2.96. The molecule has 1 saturated heterocycles. The Morgan fingerprint density at radius 1 is 1.57 bits per heavy atom. The van der Waals surface area contributed by atoms with Crippen LogP contribution in [0.3, 0.4) is 0 Å². The standard InChI is InChI=1S/C14H20N2O4S/c1-9-6-16(7-11(8-17)20-9)14(19)10(2)15-13(18)12-4-3-5-21-12/h3-5,9-11,17H,6-8H2,1-2H3,(H,15,18). The van der Waals surface area contributed by atoms with E-state index in [0.29, 0.717) is 18.0 Å². The maximum Gasteiger partial charge on any atom is 0.261 e. The van der Waals surface area contributed by atoms with Crippen molar-refractivity contribution in [3.8, 4) is 0 Å². The summed E-state index contributed by atoms with van der Waals surface area (Å²) in [6, 6.07) is 2.90. The molecule has 2 N–H and O–H groups in total. The fourth-order valence-electron chi connectivity index (χ4n) is 2.34. The number of nitrogens with zero attached hydrogens (tertiary/aromatic N) is 1. The summed E-state index contributed by atoms with van der Waals surface area (Å²) in [5.74, 6) is -0.403. The predicted molar refractivity (Wildman–Crippen MR) is 79.2 cm³/mol. The van der Waals surface area contributed by atoms with Gasteiger partial charge in [-0.2, -0.15) is 0 Å². The van der Waals surface area contributed by atoms with Crippen LogP contribution in [-0.4, -0.2) is 59.8 Å². The summed E-state index contributed by atoms with van der Waals surface area (Å²) in [5, 5.41) is 13.7. The second-order valence-corrected chi connectivity index (χ2v) is 6.11. The molecule has 0 aliphatic carbocycles. The second kappa shape index (κ2) is 7.02. The molecule has 0 saturated carbocycles. The van der Waals surface area contributed by atoms with Crippen molar-refractivity contribution < 1.29 is 19.4 Å². The van der Waals surface area contributed by atoms with Crippen molar-refractivity contribution in [3.05, 3.63) is 22.4 Å². The molecule has 1 aliphatic heterocycles. The van der Waals surface area contributed by atoms with E-state index in [4.69, 9.17) is 4.74 Å². The minimum absolute atomic E-state index is 0.121. The molecule has 2 amide bonds. The van der Waals surface area contributed by atoms with Crippen molar-refractivity contribution in [2.75, 3.05) is 19.7 Å². The highest BCUT2D eigenvalue weighted by atomic mass is 32.1. The molecular weight excluding hydrogens is 292 g/mol. The highest BCUT2D eigenvalue weighted by Crippen LogP contribution is 2.13. The van der Waals surface area contributed by atoms with Gasteiger partial charge in [0.2, 0.25) is 5.91 Å². The van der Waals surface area contributed by atoms with E-state index in [-0.39, 0.29) is 30.6 Å². The van der Waals surface area contributed by atoms with Crippen LogP contribution in [0, 0.1) is 0 Å². The molecule has 6 nitrogen and oxygen atoms in total. The molecular formula is C14H20N2O4S. The number of aliphatic hydroxyl groups is 1. The number of amides is 2. The van der Waals surface area contributed by atoms with Gasteiger partial charge in [-0.3, -0.25) is 9.59 Å². The summed E-state index contributed by atoms with van der Waals surface area (Å²) in [4.78, 5) is 26.6. The minimum Gasteiger partial charge on any atom is -0.394 e. The smallest absolute Gasteiger partial charge is 0.261 e. The number of carbonyl (C=O) groups excluding carboxylic acids is 2. The lowest BCUT2D eigenvalue weighted by Crippen LogP contribution is -2.55. The second-order valence-electron chi connectivity index (χ2n) is 5.17. The summed E-state index contributed by atoms with van der Waals surface area (Å²) in [5.41, 5.74) is 0. The lowest BCUT2D eigenvalue weighted by Gasteiger charge is -2.37. The maximum absolute atomic E-state index is 12.4. The van der Waals surface area contributed by atoms with E-state index < -0.39 is 6.04 Å². The van der Waals surface area contributed by atoms with E-state index >= 15 is 0 Å². The van der Waals surface area contributed by atoms with Gasteiger partial charge in [0.05, 0.1) is 23.7 Å². The van der Waals surface area contributed by atoms with E-state index in [0.717, 1.165) is 0 Å². The number of aliphatic hydroxyl groups excluding tert-OH is 1. The summed E-state index contributed by atoms with van der Waals surface area (Å²) in [7, 11) is 0. The van der Waals surface area contributed by atoms with Gasteiger partial charge in [0.1, 0.15) is 6.04 Å². The van der Waals surface area contributed by atoms with Crippen molar-refractivity contribution in [3.63, 3.8) is 0 Å². The average molecular weight is 312 g/mol. The first kappa shape index (κ1) is 15.9. The zero-order valence-electron chi connectivity index (χ0n) is 12.1. The Bertz CT molecular complexity index is 491. The molecule has 1 aromatic rings. The topological polar surface area (TPSA) is 78.9 Å². The SMILES string of the molecule is CC1CN(C(=O)C(C)NC(=O)c2cccs2)CC(CO)O1. The summed E-state index contributed by atoms with van der Waals surface area (Å²) in [6.07, 6.45) is -0.488. The monoisotopic (exact) mass is 312 g/mol. The molecule has 0 bridgehead atoms. The van der Waals surface area contributed by atoms with Crippen molar-refractivity contribution >= 4 is 23.2 Å². The zero-order chi connectivity index (χ0) is 15.4. The van der Waals surface area contributed by atoms with Crippen LogP contribution in [0.4, 0.5) is 0 Å². The van der Waals surface area contributed by atoms with Crippen LogP contribution in [0.5, 0.6) is 0 Å². The molecule has 3 atom stereocenters. The lowest BCUT2D eigenvalue weighted by atomic mass is 10.2. The Hall–Kier alpha value is -1.44. The third-order valence-corrected chi connectivity index (χ3v) is 4.17. The Morgan fingerprint density at radius 2 is 2.33 bits per heavy atom. The number of hydrogen-bond donors (Lipinski definition) is 2. The van der Waals surface area contributed by atoms with Crippen molar-refractivity contribution in [1.82, 2.24) is 10.2 Å². The molecule has 1 aliphatic rings. The first-order chi connectivity index (χ1) is 10.0. The molecule has 1 fully saturated rings. The summed E-state index contributed by atoms with van der Waals surface area (Å²) >= 11 is 1.33. The van der Waals surface area contributed by atoms with Gasteiger partial charge in [-0.15, -0.1) is 11.3 Å². The van der Waals surface area contributed by atoms with E-state index in [2.05, 4.69) is 5.32 Å². The Morgan fingerprint density at radius 3 is 2.95 bits per heavy atom. The van der Waals surface area contributed by atoms with Gasteiger partial charge >= 0.3 is 0 Å². The summed E-state index contributed by atoms with van der Waals surface area (Å²) in [6.45, 7) is 4.22. The van der Waals surface area contributed by atoms with Gasteiger partial charge in [0.25, 0.3) is 5.91 Å². The molecule has 1 aromatic heterocycles. The fraction of sp³-hybridized carbons (Fsp3) is 0.571. The number of carbonyl (C=O) groups is 2. The number of hydrogen-bond acceptors (Lipinski definition) is 5. The van der Waals surface area contributed by atoms with E-state index in [9.17, 15) is 14.7 Å². The van der Waals surface area contributed by atoms with Gasteiger partial charge in [0.15, 0.2) is 0 Å². The molecule has 116 valence electrons. The van der Waals surface area contributed by atoms with Crippen LogP contribution in [0.1, 0.15) is 23.5 Å². The average Bonchev–Trinajstić information content (AvgIpc) is 2.99. The maximum atomic E-state index is 12.4. The Labute approximate surface area is 127 Å². The third kappa shape index (κ3) is 4.03. The van der Waals surface area contributed by atoms with Crippen LogP contribution >= 0.6 is 11.3 Å². The van der Waals surface area contributed by atoms with E-state index in [1.165, 1.54) is 11.3 Å². The molecule has 21 heavy (non-hydrogen) atoms. The quantitative estimate of drug-likeness (QED) is 0.847. The molecule has 2 heterocycles. The van der Waals surface area contributed by atoms with Gasteiger partial charge in [0, 0.05) is 13.1 Å². The van der Waals surface area contributed by atoms with Gasteiger partial charge in [-0.1, -0.05) is 6.07 Å². The Balaban J connectivity index is 1.94. The van der Waals surface area contributed by atoms with Gasteiger partial charge in [-0.25, -0.2) is 0 Å². The highest BCUT2D eigenvalue weighted by Gasteiger charge is 2.30. The van der Waals surface area contributed by atoms with Crippen LogP contribution < -0.4 is 5.32 Å². The number of rotatable bonds is 4. The number of thiophene rings is 1. The lowest BCUT2D eigenvalue weighted by molar-refractivity contribution is -0.148. The normalized spacial score (nSPS) is 23.7. The van der Waals surface area contributed by atoms with Gasteiger partial charge < -0.3 is 20.1 Å². The zero-order valence-corrected chi connectivity index (χ0v) is 12.9. The van der Waals surface area contributed by atoms with Crippen LogP contribution in [0.25, 0.3) is 0 Å². The van der Waals surface area contributed by atoms with Gasteiger partial charge in [-0.05, 0) is 25.3 Å². The number of morpholine rings is 1. The highest BCUT2D eigenvalue weighted by molar-refractivity contribution is 7.12. The molecule has 2 rings (SSSR count). The first-order valence-corrected chi connectivity index (χ1v) is 7.78. The number of ether oxygens (including phenoxy) is 1. The molecule has 0 aromatic carbocycles. The minimum atomic E-state index is -0.607. The molecule has 7 heteroatoms. The number of nitrogens with one attached hydrogen (secondary N) is 1. The molecule has 0 radical (unpaired) electrons. The first-order valence-electron chi connectivity index (χ1n) is 6.90. The van der Waals surface area contributed by atoms with Crippen molar-refractivity contribution in [2.45, 2.75) is 32.1 Å². The van der Waals surface area contributed by atoms with Crippen molar-refractivity contribution in [1.29, 1.82) is 0 Å². The predicted octanol–water partition coefficient (Wildman–Crippen LogP) is 0.475. The largest absolute Gasteiger partial charge is 0.394 e. The molecule has 3 unspecified atom stereocenters. The Kier molecular flexibility index (Phi) is 5.33.